The maximum atomic E-state index is 15.0. The van der Waals surface area contributed by atoms with Gasteiger partial charge in [0.2, 0.25) is 26.0 Å². The van der Waals surface area contributed by atoms with Crippen LogP contribution in [0.25, 0.3) is 11.1 Å². The molecule has 4 rings (SSSR count). The Morgan fingerprint density at radius 3 is 2.35 bits per heavy atom. The first-order valence-corrected chi connectivity index (χ1v) is 14.1. The van der Waals surface area contributed by atoms with Gasteiger partial charge in [0.15, 0.2) is 0 Å². The summed E-state index contributed by atoms with van der Waals surface area (Å²) < 4.78 is 68.0. The molecule has 1 saturated heterocycles. The molecule has 0 radical (unpaired) electrons. The lowest BCUT2D eigenvalue weighted by molar-refractivity contribution is 0.279. The molecule has 0 aliphatic carbocycles. The van der Waals surface area contributed by atoms with Crippen LogP contribution in [-0.2, 0) is 26.6 Å². The van der Waals surface area contributed by atoms with Gasteiger partial charge < -0.3 is 0 Å². The largest absolute Gasteiger partial charge is 0.251 e. The molecule has 11 heteroatoms. The van der Waals surface area contributed by atoms with Crippen LogP contribution in [0.1, 0.15) is 36.1 Å². The van der Waals surface area contributed by atoms with Crippen molar-refractivity contribution in [2.24, 2.45) is 0 Å². The van der Waals surface area contributed by atoms with Crippen LogP contribution in [0, 0.1) is 5.82 Å². The summed E-state index contributed by atoms with van der Waals surface area (Å²) >= 11 is 0. The fourth-order valence-electron chi connectivity index (χ4n) is 4.07. The van der Waals surface area contributed by atoms with Crippen LogP contribution in [0.4, 0.5) is 10.3 Å². The Morgan fingerprint density at radius 1 is 1.06 bits per heavy atom. The van der Waals surface area contributed by atoms with Gasteiger partial charge in [0, 0.05) is 36.1 Å². The Kier molecular flexibility index (Phi) is 6.70. The van der Waals surface area contributed by atoms with Crippen molar-refractivity contribution in [3.8, 4) is 11.1 Å². The second kappa shape index (κ2) is 9.40. The Labute approximate surface area is 199 Å². The fourth-order valence-corrected chi connectivity index (χ4v) is 6.70. The molecule has 1 aliphatic rings. The zero-order valence-corrected chi connectivity index (χ0v) is 20.4. The molecule has 180 valence electrons. The predicted molar refractivity (Wildman–Crippen MR) is 128 cm³/mol. The van der Waals surface area contributed by atoms with Crippen LogP contribution in [0.5, 0.6) is 0 Å². The topological polar surface area (TPSA) is 109 Å². The van der Waals surface area contributed by atoms with E-state index in [9.17, 15) is 16.8 Å². The summed E-state index contributed by atoms with van der Waals surface area (Å²) in [6.45, 7) is 1.78. The number of hydrogen-bond acceptors (Lipinski definition) is 6. The highest BCUT2D eigenvalue weighted by Gasteiger charge is 2.40. The molecule has 1 aliphatic heterocycles. The summed E-state index contributed by atoms with van der Waals surface area (Å²) in [7, 11) is -7.18. The summed E-state index contributed by atoms with van der Waals surface area (Å²) in [5, 5.41) is -0.650. The SMILES string of the molecule is CC1CCC(c2ccccc2)S(=O)(=O)N1Cc1ccc(-c2cnc(NS(C)(=O)=O)nc2)cc1F. The van der Waals surface area contributed by atoms with Gasteiger partial charge in [0.1, 0.15) is 11.1 Å². The van der Waals surface area contributed by atoms with Crippen molar-refractivity contribution < 1.29 is 21.2 Å². The number of benzene rings is 2. The van der Waals surface area contributed by atoms with Crippen molar-refractivity contribution in [2.45, 2.75) is 37.6 Å². The smallest absolute Gasteiger partial charge is 0.236 e. The van der Waals surface area contributed by atoms with Crippen LogP contribution in [0.2, 0.25) is 0 Å². The maximum absolute atomic E-state index is 15.0. The van der Waals surface area contributed by atoms with E-state index in [-0.39, 0.29) is 24.1 Å². The summed E-state index contributed by atoms with van der Waals surface area (Å²) in [4.78, 5) is 7.88. The van der Waals surface area contributed by atoms with Gasteiger partial charge in [-0.1, -0.05) is 42.5 Å². The molecule has 0 bridgehead atoms. The van der Waals surface area contributed by atoms with Crippen LogP contribution in [0.3, 0.4) is 0 Å². The van der Waals surface area contributed by atoms with Gasteiger partial charge >= 0.3 is 0 Å². The number of rotatable bonds is 6. The molecule has 2 atom stereocenters. The van der Waals surface area contributed by atoms with Crippen molar-refractivity contribution in [1.82, 2.24) is 14.3 Å². The lowest BCUT2D eigenvalue weighted by atomic mass is 10.0. The highest BCUT2D eigenvalue weighted by molar-refractivity contribution is 7.92. The van der Waals surface area contributed by atoms with Gasteiger partial charge in [-0.3, -0.25) is 4.72 Å². The Hall–Kier alpha value is -2.89. The standard InChI is InChI=1S/C23H25FN4O4S2/c1-16-8-11-22(17-6-4-3-5-7-17)34(31,32)28(16)15-19-10-9-18(12-21(19)24)20-13-25-23(26-14-20)27-33(2,29)30/h3-7,9-10,12-14,16,22H,8,11,15H2,1-2H3,(H,25,26,27). The van der Waals surface area contributed by atoms with E-state index in [2.05, 4.69) is 14.7 Å². The van der Waals surface area contributed by atoms with E-state index in [0.29, 0.717) is 24.0 Å². The number of sulfonamides is 2. The second-order valence-corrected chi connectivity index (χ2v) is 12.2. The highest BCUT2D eigenvalue weighted by Crippen LogP contribution is 2.38. The molecular formula is C23H25FN4O4S2. The molecule has 34 heavy (non-hydrogen) atoms. The fraction of sp³-hybridized carbons (Fsp3) is 0.304. The van der Waals surface area contributed by atoms with E-state index >= 15 is 4.39 Å². The molecule has 2 aromatic carbocycles. The molecule has 2 unspecified atom stereocenters. The van der Waals surface area contributed by atoms with Crippen molar-refractivity contribution in [3.63, 3.8) is 0 Å². The average Bonchev–Trinajstić information content (AvgIpc) is 2.77. The molecule has 1 N–H and O–H groups in total. The molecular weight excluding hydrogens is 479 g/mol. The first kappa shape index (κ1) is 24.2. The van der Waals surface area contributed by atoms with E-state index in [4.69, 9.17) is 0 Å². The average molecular weight is 505 g/mol. The number of nitrogens with zero attached hydrogens (tertiary/aromatic N) is 3. The van der Waals surface area contributed by atoms with Gasteiger partial charge in [0.05, 0.1) is 6.26 Å². The minimum atomic E-state index is -3.67. The van der Waals surface area contributed by atoms with E-state index in [0.717, 1.165) is 11.8 Å². The minimum absolute atomic E-state index is 0.0628. The molecule has 0 saturated carbocycles. The Morgan fingerprint density at radius 2 is 1.74 bits per heavy atom. The molecule has 8 nitrogen and oxygen atoms in total. The molecule has 2 heterocycles. The Bertz CT molecular complexity index is 1380. The van der Waals surface area contributed by atoms with E-state index < -0.39 is 31.1 Å². The highest BCUT2D eigenvalue weighted by atomic mass is 32.2. The molecule has 1 fully saturated rings. The second-order valence-electron chi connectivity index (χ2n) is 8.39. The predicted octanol–water partition coefficient (Wildman–Crippen LogP) is 3.71. The third-order valence-corrected chi connectivity index (χ3v) is 8.76. The van der Waals surface area contributed by atoms with Crippen molar-refractivity contribution in [3.05, 3.63) is 77.9 Å². The lowest BCUT2D eigenvalue weighted by Gasteiger charge is -2.37. The van der Waals surface area contributed by atoms with E-state index in [1.807, 2.05) is 37.3 Å². The van der Waals surface area contributed by atoms with Gasteiger partial charge in [-0.25, -0.2) is 31.2 Å². The summed E-state index contributed by atoms with van der Waals surface area (Å²) in [5.41, 5.74) is 1.99. The van der Waals surface area contributed by atoms with Crippen LogP contribution < -0.4 is 4.72 Å². The lowest BCUT2D eigenvalue weighted by Crippen LogP contribution is -2.44. The number of aromatic nitrogens is 2. The normalized spacial score (nSPS) is 20.7. The van der Waals surface area contributed by atoms with Gasteiger partial charge in [-0.05, 0) is 37.0 Å². The number of anilines is 1. The van der Waals surface area contributed by atoms with Crippen molar-refractivity contribution >= 4 is 26.0 Å². The third kappa shape index (κ3) is 5.26. The number of hydrogen-bond donors (Lipinski definition) is 1. The number of halogens is 1. The van der Waals surface area contributed by atoms with Gasteiger partial charge in [0.25, 0.3) is 0 Å². The zero-order valence-electron chi connectivity index (χ0n) is 18.7. The quantitative estimate of drug-likeness (QED) is 0.548. The first-order chi connectivity index (χ1) is 16.0. The summed E-state index contributed by atoms with van der Waals surface area (Å²) in [6, 6.07) is 13.4. The summed E-state index contributed by atoms with van der Waals surface area (Å²) in [5.74, 6) is -0.624. The maximum Gasteiger partial charge on any atom is 0.236 e. The molecule has 0 amide bonds. The molecule has 3 aromatic rings. The monoisotopic (exact) mass is 504 g/mol. The third-order valence-electron chi connectivity index (χ3n) is 5.84. The number of nitrogens with one attached hydrogen (secondary N) is 1. The van der Waals surface area contributed by atoms with Crippen molar-refractivity contribution in [1.29, 1.82) is 0 Å². The first-order valence-electron chi connectivity index (χ1n) is 10.7. The zero-order chi connectivity index (χ0) is 24.5. The van der Waals surface area contributed by atoms with Crippen LogP contribution >= 0.6 is 0 Å². The van der Waals surface area contributed by atoms with Crippen molar-refractivity contribution in [2.75, 3.05) is 11.0 Å². The van der Waals surface area contributed by atoms with Crippen LogP contribution in [0.15, 0.2) is 60.9 Å². The van der Waals surface area contributed by atoms with E-state index in [1.165, 1.54) is 22.8 Å². The molecule has 0 spiro atoms. The van der Waals surface area contributed by atoms with Gasteiger partial charge in [-0.2, -0.15) is 4.31 Å². The molecule has 1 aromatic heterocycles. The Balaban J connectivity index is 1.56. The van der Waals surface area contributed by atoms with Crippen LogP contribution in [-0.4, -0.2) is 43.4 Å². The summed E-state index contributed by atoms with van der Waals surface area (Å²) in [6.07, 6.45) is 4.97. The van der Waals surface area contributed by atoms with Gasteiger partial charge in [-0.15, -0.1) is 0 Å². The van der Waals surface area contributed by atoms with E-state index in [1.54, 1.807) is 12.1 Å². The minimum Gasteiger partial charge on any atom is -0.251 e.